The van der Waals surface area contributed by atoms with E-state index in [-0.39, 0.29) is 0 Å². The summed E-state index contributed by atoms with van der Waals surface area (Å²) in [5.41, 5.74) is 0.610. The van der Waals surface area contributed by atoms with Crippen molar-refractivity contribution < 1.29 is 4.74 Å². The predicted octanol–water partition coefficient (Wildman–Crippen LogP) is 3.32. The molecular weight excluding hydrogens is 248 g/mol. The summed E-state index contributed by atoms with van der Waals surface area (Å²) in [5.74, 6) is 2.45. The molecule has 0 unspecified atom stereocenters. The number of rotatable bonds is 6. The summed E-state index contributed by atoms with van der Waals surface area (Å²) in [6.07, 6.45) is 5.68. The van der Waals surface area contributed by atoms with Crippen LogP contribution in [-0.2, 0) is 4.74 Å². The Hall–Kier alpha value is 0.790. The van der Waals surface area contributed by atoms with E-state index in [1.165, 1.54) is 36.8 Å². The number of ether oxygens (including phenoxy) is 1. The van der Waals surface area contributed by atoms with Crippen LogP contribution in [0.4, 0.5) is 0 Å². The van der Waals surface area contributed by atoms with Crippen LogP contribution in [0.5, 0.6) is 0 Å². The Labute approximate surface area is 94.1 Å². The van der Waals surface area contributed by atoms with Gasteiger partial charge < -0.3 is 4.74 Å². The second kappa shape index (κ2) is 6.31. The van der Waals surface area contributed by atoms with E-state index in [4.69, 9.17) is 4.74 Å². The molecule has 0 amide bonds. The SMILES string of the molecule is COCCSCC1(CBr)CCCC1. The van der Waals surface area contributed by atoms with Gasteiger partial charge in [-0.15, -0.1) is 0 Å². The Bertz CT molecular complexity index is 135. The van der Waals surface area contributed by atoms with Gasteiger partial charge in [0.15, 0.2) is 0 Å². The van der Waals surface area contributed by atoms with Crippen LogP contribution < -0.4 is 0 Å². The van der Waals surface area contributed by atoms with Crippen molar-refractivity contribution in [1.29, 1.82) is 0 Å². The Morgan fingerprint density at radius 3 is 2.62 bits per heavy atom. The zero-order valence-corrected chi connectivity index (χ0v) is 10.8. The van der Waals surface area contributed by atoms with E-state index in [9.17, 15) is 0 Å². The molecule has 0 N–H and O–H groups in total. The summed E-state index contributed by atoms with van der Waals surface area (Å²) in [7, 11) is 1.77. The van der Waals surface area contributed by atoms with Crippen molar-refractivity contribution in [3.63, 3.8) is 0 Å². The highest BCUT2D eigenvalue weighted by molar-refractivity contribution is 9.09. The molecule has 0 aromatic rings. The summed E-state index contributed by atoms with van der Waals surface area (Å²) in [5, 5.41) is 1.18. The molecule has 0 aromatic heterocycles. The first-order valence-electron chi connectivity index (χ1n) is 4.96. The Kier molecular flexibility index (Phi) is 5.75. The molecule has 78 valence electrons. The van der Waals surface area contributed by atoms with Crippen LogP contribution in [0.3, 0.4) is 0 Å². The lowest BCUT2D eigenvalue weighted by molar-refractivity contribution is 0.218. The number of halogens is 1. The molecule has 1 saturated carbocycles. The maximum atomic E-state index is 5.04. The lowest BCUT2D eigenvalue weighted by Gasteiger charge is -2.25. The molecule has 0 aliphatic heterocycles. The van der Waals surface area contributed by atoms with Crippen LogP contribution in [0.1, 0.15) is 25.7 Å². The largest absolute Gasteiger partial charge is 0.384 e. The minimum absolute atomic E-state index is 0.610. The van der Waals surface area contributed by atoms with Gasteiger partial charge in [-0.25, -0.2) is 0 Å². The van der Waals surface area contributed by atoms with E-state index in [1.54, 1.807) is 7.11 Å². The van der Waals surface area contributed by atoms with Crippen LogP contribution in [0.25, 0.3) is 0 Å². The summed E-state index contributed by atoms with van der Waals surface area (Å²) in [4.78, 5) is 0. The zero-order chi connectivity index (χ0) is 9.57. The molecule has 0 bridgehead atoms. The molecule has 13 heavy (non-hydrogen) atoms. The molecule has 0 atom stereocenters. The fourth-order valence-corrected chi connectivity index (χ4v) is 4.15. The fraction of sp³-hybridized carbons (Fsp3) is 1.00. The van der Waals surface area contributed by atoms with Gasteiger partial charge in [0.2, 0.25) is 0 Å². The van der Waals surface area contributed by atoms with E-state index < -0.39 is 0 Å². The molecule has 0 aromatic carbocycles. The quantitative estimate of drug-likeness (QED) is 0.539. The van der Waals surface area contributed by atoms with Crippen LogP contribution >= 0.6 is 27.7 Å². The van der Waals surface area contributed by atoms with Crippen molar-refractivity contribution in [2.24, 2.45) is 5.41 Å². The van der Waals surface area contributed by atoms with Gasteiger partial charge in [-0.3, -0.25) is 0 Å². The molecule has 0 radical (unpaired) electrons. The first-order chi connectivity index (χ1) is 6.33. The third-order valence-corrected chi connectivity index (χ3v) is 5.25. The number of alkyl halides is 1. The highest BCUT2D eigenvalue weighted by Crippen LogP contribution is 2.41. The van der Waals surface area contributed by atoms with Gasteiger partial charge in [0.25, 0.3) is 0 Å². The average molecular weight is 267 g/mol. The third-order valence-electron chi connectivity index (χ3n) is 2.79. The molecule has 0 heterocycles. The summed E-state index contributed by atoms with van der Waals surface area (Å²) in [6.45, 7) is 0.892. The van der Waals surface area contributed by atoms with Crippen LogP contribution in [-0.4, -0.2) is 30.6 Å². The van der Waals surface area contributed by atoms with Crippen LogP contribution in [0, 0.1) is 5.41 Å². The normalized spacial score (nSPS) is 20.8. The van der Waals surface area contributed by atoms with Crippen molar-refractivity contribution in [3.05, 3.63) is 0 Å². The summed E-state index contributed by atoms with van der Waals surface area (Å²) in [6, 6.07) is 0. The first-order valence-corrected chi connectivity index (χ1v) is 7.23. The van der Waals surface area contributed by atoms with E-state index >= 15 is 0 Å². The highest BCUT2D eigenvalue weighted by atomic mass is 79.9. The van der Waals surface area contributed by atoms with Gasteiger partial charge in [-0.1, -0.05) is 28.8 Å². The van der Waals surface area contributed by atoms with Gasteiger partial charge in [0.05, 0.1) is 6.61 Å². The number of hydrogen-bond donors (Lipinski definition) is 0. The second-order valence-electron chi connectivity index (χ2n) is 3.89. The zero-order valence-electron chi connectivity index (χ0n) is 8.35. The molecule has 0 spiro atoms. The van der Waals surface area contributed by atoms with Crippen LogP contribution in [0.15, 0.2) is 0 Å². The van der Waals surface area contributed by atoms with E-state index in [0.717, 1.165) is 12.4 Å². The predicted molar refractivity (Wildman–Crippen MR) is 63.9 cm³/mol. The molecule has 0 saturated heterocycles. The van der Waals surface area contributed by atoms with Gasteiger partial charge in [-0.05, 0) is 24.0 Å². The van der Waals surface area contributed by atoms with Crippen molar-refractivity contribution >= 4 is 27.7 Å². The minimum atomic E-state index is 0.610. The topological polar surface area (TPSA) is 9.23 Å². The number of methoxy groups -OCH3 is 1. The fourth-order valence-electron chi connectivity index (χ4n) is 1.87. The molecule has 1 aliphatic rings. The van der Waals surface area contributed by atoms with Crippen LogP contribution in [0.2, 0.25) is 0 Å². The Balaban J connectivity index is 2.16. The Morgan fingerprint density at radius 1 is 1.38 bits per heavy atom. The molecule has 1 aliphatic carbocycles. The average Bonchev–Trinajstić information content (AvgIpc) is 2.62. The Morgan fingerprint density at radius 2 is 2.08 bits per heavy atom. The molecule has 1 fully saturated rings. The maximum absolute atomic E-state index is 5.04. The lowest BCUT2D eigenvalue weighted by Crippen LogP contribution is -2.21. The first kappa shape index (κ1) is 11.9. The van der Waals surface area contributed by atoms with E-state index in [2.05, 4.69) is 15.9 Å². The monoisotopic (exact) mass is 266 g/mol. The minimum Gasteiger partial charge on any atom is -0.384 e. The lowest BCUT2D eigenvalue weighted by atomic mass is 9.92. The summed E-state index contributed by atoms with van der Waals surface area (Å²) >= 11 is 5.70. The van der Waals surface area contributed by atoms with E-state index in [0.29, 0.717) is 5.41 Å². The highest BCUT2D eigenvalue weighted by Gasteiger charge is 2.32. The van der Waals surface area contributed by atoms with Crippen molar-refractivity contribution in [3.8, 4) is 0 Å². The van der Waals surface area contributed by atoms with Crippen molar-refractivity contribution in [2.75, 3.05) is 30.6 Å². The van der Waals surface area contributed by atoms with Crippen molar-refractivity contribution in [1.82, 2.24) is 0 Å². The van der Waals surface area contributed by atoms with Gasteiger partial charge in [0, 0.05) is 18.2 Å². The van der Waals surface area contributed by atoms with Gasteiger partial charge in [0.1, 0.15) is 0 Å². The summed E-state index contributed by atoms with van der Waals surface area (Å²) < 4.78 is 5.04. The number of thioether (sulfide) groups is 1. The van der Waals surface area contributed by atoms with Gasteiger partial charge >= 0.3 is 0 Å². The molecule has 1 nitrogen and oxygen atoms in total. The maximum Gasteiger partial charge on any atom is 0.0552 e. The van der Waals surface area contributed by atoms with E-state index in [1.807, 2.05) is 11.8 Å². The molecular formula is C10H19BrOS. The standard InChI is InChI=1S/C10H19BrOS/c1-12-6-7-13-9-10(8-11)4-2-3-5-10/h2-9H2,1H3. The molecule has 1 rings (SSSR count). The molecule has 3 heteroatoms. The van der Waals surface area contributed by atoms with Gasteiger partial charge in [-0.2, -0.15) is 11.8 Å². The van der Waals surface area contributed by atoms with Crippen molar-refractivity contribution in [2.45, 2.75) is 25.7 Å². The third kappa shape index (κ3) is 3.80. The second-order valence-corrected chi connectivity index (χ2v) is 5.55. The number of hydrogen-bond acceptors (Lipinski definition) is 2. The smallest absolute Gasteiger partial charge is 0.0552 e.